The van der Waals surface area contributed by atoms with Crippen LogP contribution in [0.25, 0.3) is 0 Å². The normalized spacial score (nSPS) is 25.4. The number of rotatable bonds is 73. The zero-order valence-electron chi connectivity index (χ0n) is 70.1. The lowest BCUT2D eigenvalue weighted by atomic mass is 9.96. The third-order valence-electron chi connectivity index (χ3n) is 22.1. The van der Waals surface area contributed by atoms with Crippen molar-refractivity contribution in [2.45, 2.75) is 458 Å². The number of hydrogen-bond acceptors (Lipinski definition) is 18. The fraction of sp³-hybridized carbons (Fsp3) is 0.817. The Morgan fingerprint density at radius 2 is 0.616 bits per heavy atom. The van der Waals surface area contributed by atoms with Crippen molar-refractivity contribution < 1.29 is 89.4 Å². The predicted molar refractivity (Wildman–Crippen MR) is 452 cm³/mol. The highest BCUT2D eigenvalue weighted by molar-refractivity contribution is 5.76. The molecule has 0 aromatic rings. The van der Waals surface area contributed by atoms with E-state index >= 15 is 0 Å². The summed E-state index contributed by atoms with van der Waals surface area (Å²) in [5.41, 5.74) is 0. The summed E-state index contributed by atoms with van der Waals surface area (Å²) < 4.78 is 34.5. The van der Waals surface area contributed by atoms with Gasteiger partial charge in [-0.3, -0.25) is 4.79 Å². The highest BCUT2D eigenvalue weighted by atomic mass is 16.8. The van der Waals surface area contributed by atoms with E-state index in [0.29, 0.717) is 6.42 Å². The first kappa shape index (κ1) is 103. The number of aliphatic hydroxyl groups excluding tert-OH is 11. The molecule has 3 aliphatic rings. The maximum Gasteiger partial charge on any atom is 0.220 e. The minimum Gasteiger partial charge on any atom is -0.394 e. The zero-order chi connectivity index (χ0) is 81.0. The van der Waals surface area contributed by atoms with E-state index in [9.17, 15) is 61.0 Å². The summed E-state index contributed by atoms with van der Waals surface area (Å²) in [6.45, 7) is 1.67. The molecule has 0 spiro atoms. The first-order valence-corrected chi connectivity index (χ1v) is 45.5. The number of carbonyl (C=O) groups is 1. The largest absolute Gasteiger partial charge is 0.394 e. The van der Waals surface area contributed by atoms with Gasteiger partial charge in [0.2, 0.25) is 5.91 Å². The monoisotopic (exact) mass is 1580 g/mol. The SMILES string of the molecule is CC/C=C\C/C=C\C/C=C\C/C=C\C/C=C\C/C=C\C/C=C\CCCCCCCCCCCCCCCC(=O)NC(COC1OC(CO)C(OC2OC(CO)C(OC3OC(CO)C(O)C(O)C3O)C(O)C2O)C(O)C1O)C(O)/C=C/CCCCCCCCCCCCCCCCCCCCCCCCCCCCCCCC. The Bertz CT molecular complexity index is 2400. The molecule has 3 saturated heterocycles. The van der Waals surface area contributed by atoms with Crippen LogP contribution < -0.4 is 5.32 Å². The van der Waals surface area contributed by atoms with E-state index in [1.807, 2.05) is 6.08 Å². The van der Waals surface area contributed by atoms with E-state index in [2.05, 4.69) is 104 Å². The topological polar surface area (TPSA) is 307 Å². The average molecular weight is 1590 g/mol. The molecule has 0 bridgehead atoms. The molecule has 12 N–H and O–H groups in total. The number of allylic oxidation sites excluding steroid dienone is 15. The van der Waals surface area contributed by atoms with Crippen LogP contribution in [0.1, 0.15) is 354 Å². The van der Waals surface area contributed by atoms with Gasteiger partial charge in [0, 0.05) is 6.42 Å². The molecule has 0 aliphatic carbocycles. The molecule has 19 nitrogen and oxygen atoms in total. The lowest BCUT2D eigenvalue weighted by molar-refractivity contribution is -0.379. The molecule has 0 radical (unpaired) electrons. The summed E-state index contributed by atoms with van der Waals surface area (Å²) in [4.78, 5) is 13.5. The Kier molecular flexibility index (Phi) is 66.0. The molecular weight excluding hydrogens is 1420 g/mol. The second-order valence-corrected chi connectivity index (χ2v) is 32.0. The van der Waals surface area contributed by atoms with E-state index in [1.54, 1.807) is 6.08 Å². The van der Waals surface area contributed by atoms with E-state index < -0.39 is 124 Å². The van der Waals surface area contributed by atoms with Crippen molar-refractivity contribution in [3.8, 4) is 0 Å². The molecule has 112 heavy (non-hydrogen) atoms. The maximum absolute atomic E-state index is 13.5. The molecule has 3 fully saturated rings. The lowest BCUT2D eigenvalue weighted by Crippen LogP contribution is -2.66. The summed E-state index contributed by atoms with van der Waals surface area (Å²) in [7, 11) is 0. The third kappa shape index (κ3) is 49.8. The van der Waals surface area contributed by atoms with Crippen molar-refractivity contribution in [3.63, 3.8) is 0 Å². The fourth-order valence-corrected chi connectivity index (χ4v) is 14.9. The molecule has 3 heterocycles. The number of aliphatic hydroxyl groups is 11. The van der Waals surface area contributed by atoms with E-state index in [0.717, 1.165) is 96.3 Å². The third-order valence-corrected chi connectivity index (χ3v) is 22.1. The Morgan fingerprint density at radius 1 is 0.330 bits per heavy atom. The molecule has 650 valence electrons. The van der Waals surface area contributed by atoms with Crippen molar-refractivity contribution in [1.82, 2.24) is 5.32 Å². The van der Waals surface area contributed by atoms with E-state index in [4.69, 9.17) is 28.4 Å². The fourth-order valence-electron chi connectivity index (χ4n) is 14.9. The van der Waals surface area contributed by atoms with Crippen LogP contribution in [-0.4, -0.2) is 193 Å². The molecule has 1 amide bonds. The first-order valence-electron chi connectivity index (χ1n) is 45.5. The molecular formula is C93H165NO18. The van der Waals surface area contributed by atoms with Crippen LogP contribution in [0.2, 0.25) is 0 Å². The lowest BCUT2D eigenvalue weighted by Gasteiger charge is -2.48. The summed E-state index contributed by atoms with van der Waals surface area (Å²) in [5, 5.41) is 121. The Labute approximate surface area is 679 Å². The van der Waals surface area contributed by atoms with Gasteiger partial charge >= 0.3 is 0 Å². The van der Waals surface area contributed by atoms with Crippen LogP contribution in [-0.2, 0) is 33.2 Å². The molecule has 0 aromatic carbocycles. The summed E-state index contributed by atoms with van der Waals surface area (Å²) in [5.74, 6) is -0.275. The Morgan fingerprint density at radius 3 is 0.964 bits per heavy atom. The number of carbonyl (C=O) groups excluding carboxylic acids is 1. The minimum atomic E-state index is -1.98. The van der Waals surface area contributed by atoms with Crippen molar-refractivity contribution in [2.24, 2.45) is 0 Å². The van der Waals surface area contributed by atoms with Crippen molar-refractivity contribution in [2.75, 3.05) is 26.4 Å². The molecule has 0 aromatic heterocycles. The van der Waals surface area contributed by atoms with Gasteiger partial charge in [-0.2, -0.15) is 0 Å². The van der Waals surface area contributed by atoms with Crippen LogP contribution in [0.15, 0.2) is 97.2 Å². The van der Waals surface area contributed by atoms with Crippen molar-refractivity contribution in [1.29, 1.82) is 0 Å². The highest BCUT2D eigenvalue weighted by Gasteiger charge is 2.54. The van der Waals surface area contributed by atoms with Gasteiger partial charge in [-0.05, 0) is 77.0 Å². The Balaban J connectivity index is 1.33. The highest BCUT2D eigenvalue weighted by Crippen LogP contribution is 2.34. The summed E-state index contributed by atoms with van der Waals surface area (Å²) in [6.07, 6.45) is 72.6. The van der Waals surface area contributed by atoms with Gasteiger partial charge in [-0.25, -0.2) is 0 Å². The van der Waals surface area contributed by atoms with Gasteiger partial charge < -0.3 is 89.9 Å². The summed E-state index contributed by atoms with van der Waals surface area (Å²) >= 11 is 0. The van der Waals surface area contributed by atoms with Gasteiger partial charge in [0.25, 0.3) is 0 Å². The minimum absolute atomic E-state index is 0.238. The molecule has 17 unspecified atom stereocenters. The van der Waals surface area contributed by atoms with Crippen LogP contribution in [0, 0.1) is 0 Å². The molecule has 3 aliphatic heterocycles. The second-order valence-electron chi connectivity index (χ2n) is 32.0. The van der Waals surface area contributed by atoms with Crippen LogP contribution in [0.3, 0.4) is 0 Å². The summed E-state index contributed by atoms with van der Waals surface area (Å²) in [6, 6.07) is -0.982. The van der Waals surface area contributed by atoms with Crippen LogP contribution >= 0.6 is 0 Å². The quantitative estimate of drug-likeness (QED) is 0.0199. The zero-order valence-corrected chi connectivity index (χ0v) is 70.1. The van der Waals surface area contributed by atoms with E-state index in [-0.39, 0.29) is 18.9 Å². The predicted octanol–water partition coefficient (Wildman–Crippen LogP) is 17.5. The van der Waals surface area contributed by atoms with Gasteiger partial charge in [0.1, 0.15) is 73.2 Å². The average Bonchev–Trinajstić information content (AvgIpc) is 0.782. The smallest absolute Gasteiger partial charge is 0.220 e. The van der Waals surface area contributed by atoms with Gasteiger partial charge in [-0.1, -0.05) is 368 Å². The van der Waals surface area contributed by atoms with E-state index in [1.165, 1.54) is 231 Å². The molecule has 3 rings (SSSR count). The van der Waals surface area contributed by atoms with Gasteiger partial charge in [-0.15, -0.1) is 0 Å². The first-order chi connectivity index (χ1) is 54.8. The van der Waals surface area contributed by atoms with Crippen LogP contribution in [0.4, 0.5) is 0 Å². The number of unbranched alkanes of at least 4 members (excludes halogenated alkanes) is 43. The number of ether oxygens (including phenoxy) is 6. The van der Waals surface area contributed by atoms with Gasteiger partial charge in [0.05, 0.1) is 38.6 Å². The second kappa shape index (κ2) is 71.8. The molecule has 17 atom stereocenters. The number of amides is 1. The van der Waals surface area contributed by atoms with Crippen molar-refractivity contribution in [3.05, 3.63) is 97.2 Å². The number of hydrogen-bond donors (Lipinski definition) is 12. The molecule has 19 heteroatoms. The maximum atomic E-state index is 13.5. The molecule has 0 saturated carbocycles. The van der Waals surface area contributed by atoms with Gasteiger partial charge in [0.15, 0.2) is 18.9 Å². The standard InChI is InChI=1S/C93H165NO18/c1-3-5-7-9-11-13-15-17-19-21-23-25-27-29-31-33-35-37-38-39-41-43-45-47-49-51-53-55-57-59-61-63-65-67-69-71-81(99)94-76(77(98)70-68-66-64-62-60-58-56-54-52-50-48-46-44-42-40-36-34-32-30-28-26-24-22-20-18-16-14-12-10-8-6-4-2)75-107-91-87(105)84(102)89(79(73-96)109-91)112-93-88(106)85(103)90(80(74-97)110-93)111-92-86(104)83(101)82(100)78(72-95)108-92/h5,7,11,13,17,19,23,25,29,31,35,37,39,41,68,70,76-80,82-93,95-98,100-106H,3-4,6,8-10,12,14-16,18,20-22,24,26-28,30,32-34,36,38,40,42-67,69,71-75H2,1-2H3,(H,94,99)/b7-5-,13-11-,19-17-,25-23-,31-29-,37-35-,41-39-,70-68+. The van der Waals surface area contributed by atoms with Crippen LogP contribution in [0.5, 0.6) is 0 Å². The Hall–Kier alpha value is -3.29. The number of nitrogens with one attached hydrogen (secondary N) is 1. The van der Waals surface area contributed by atoms with Crippen molar-refractivity contribution >= 4 is 5.91 Å².